The zero-order chi connectivity index (χ0) is 12.4. The van der Waals surface area contributed by atoms with Crippen LogP contribution < -0.4 is 5.73 Å². The number of aromatic nitrogens is 4. The van der Waals surface area contributed by atoms with Crippen molar-refractivity contribution in [1.29, 1.82) is 0 Å². The average Bonchev–Trinajstić information content (AvgIpc) is 2.67. The van der Waals surface area contributed by atoms with Gasteiger partial charge in [-0.3, -0.25) is 0 Å². The average molecular weight is 364 g/mol. The van der Waals surface area contributed by atoms with E-state index in [4.69, 9.17) is 17.3 Å². The summed E-state index contributed by atoms with van der Waals surface area (Å²) in [5.74, 6) is 0.635. The third-order valence-electron chi connectivity index (χ3n) is 2.31. The van der Waals surface area contributed by atoms with Crippen LogP contribution in [0.1, 0.15) is 17.4 Å². The Labute approximate surface area is 117 Å². The number of nitrogens with two attached hydrogens (primary N) is 1. The molecule has 1 heterocycles. The maximum Gasteiger partial charge on any atom is 0.176 e. The molecule has 0 spiro atoms. The molecule has 2 rings (SSSR count). The zero-order valence-corrected chi connectivity index (χ0v) is 12.1. The number of benzene rings is 1. The molecule has 0 aliphatic heterocycles. The Morgan fingerprint density at radius 3 is 2.94 bits per heavy atom. The minimum atomic E-state index is -0.176. The summed E-state index contributed by atoms with van der Waals surface area (Å²) < 4.78 is 1.09. The standard InChI is InChI=1S/C10H11ClIN5/c1-17-15-10(14-16-17)5-9(13)7-4-6(11)2-3-8(7)12/h2-4,9H,5,13H2,1H3. The molecular formula is C10H11ClIN5. The molecule has 0 bridgehead atoms. The molecule has 0 aliphatic rings. The van der Waals surface area contributed by atoms with Crippen molar-refractivity contribution in [3.05, 3.63) is 38.2 Å². The van der Waals surface area contributed by atoms with Crippen molar-refractivity contribution in [2.24, 2.45) is 12.8 Å². The summed E-state index contributed by atoms with van der Waals surface area (Å²) in [7, 11) is 1.73. The SMILES string of the molecule is Cn1nnc(CC(N)c2cc(Cl)ccc2I)n1. The summed E-state index contributed by atoms with van der Waals surface area (Å²) in [5.41, 5.74) is 7.13. The summed E-state index contributed by atoms with van der Waals surface area (Å²) in [6.07, 6.45) is 0.546. The molecule has 0 aliphatic carbocycles. The fourth-order valence-corrected chi connectivity index (χ4v) is 2.43. The van der Waals surface area contributed by atoms with Crippen LogP contribution in [0.4, 0.5) is 0 Å². The summed E-state index contributed by atoms with van der Waals surface area (Å²) in [4.78, 5) is 1.42. The molecule has 7 heteroatoms. The van der Waals surface area contributed by atoms with Gasteiger partial charge in [0.1, 0.15) is 0 Å². The molecule has 1 aromatic carbocycles. The molecule has 0 saturated carbocycles. The monoisotopic (exact) mass is 363 g/mol. The van der Waals surface area contributed by atoms with Gasteiger partial charge >= 0.3 is 0 Å². The minimum absolute atomic E-state index is 0.176. The van der Waals surface area contributed by atoms with Gasteiger partial charge in [-0.2, -0.15) is 4.80 Å². The predicted molar refractivity (Wildman–Crippen MR) is 73.6 cm³/mol. The molecule has 0 fully saturated rings. The van der Waals surface area contributed by atoms with E-state index in [0.717, 1.165) is 9.13 Å². The Morgan fingerprint density at radius 1 is 1.53 bits per heavy atom. The van der Waals surface area contributed by atoms with Gasteiger partial charge in [0.2, 0.25) is 0 Å². The van der Waals surface area contributed by atoms with E-state index < -0.39 is 0 Å². The van der Waals surface area contributed by atoms with Gasteiger partial charge in [-0.05, 0) is 51.6 Å². The van der Waals surface area contributed by atoms with Gasteiger partial charge in [-0.25, -0.2) is 0 Å². The van der Waals surface area contributed by atoms with Crippen molar-refractivity contribution >= 4 is 34.2 Å². The molecule has 2 aromatic rings. The summed E-state index contributed by atoms with van der Waals surface area (Å²) in [6, 6.07) is 5.50. The molecule has 1 unspecified atom stereocenters. The van der Waals surface area contributed by atoms with E-state index in [1.165, 1.54) is 4.80 Å². The number of aryl methyl sites for hydroxylation is 1. The second-order valence-corrected chi connectivity index (χ2v) is 5.27. The molecule has 1 atom stereocenters. The minimum Gasteiger partial charge on any atom is -0.324 e. The fourth-order valence-electron chi connectivity index (χ4n) is 1.51. The van der Waals surface area contributed by atoms with Crippen molar-refractivity contribution in [2.45, 2.75) is 12.5 Å². The second-order valence-electron chi connectivity index (χ2n) is 3.67. The molecule has 0 radical (unpaired) electrons. The van der Waals surface area contributed by atoms with Gasteiger partial charge in [-0.15, -0.1) is 10.2 Å². The van der Waals surface area contributed by atoms with Crippen LogP contribution in [0, 0.1) is 3.57 Å². The third-order valence-corrected chi connectivity index (χ3v) is 3.53. The van der Waals surface area contributed by atoms with Crippen LogP contribution in [0.25, 0.3) is 0 Å². The summed E-state index contributed by atoms with van der Waals surface area (Å²) >= 11 is 8.20. The lowest BCUT2D eigenvalue weighted by atomic mass is 10.0. The van der Waals surface area contributed by atoms with Gasteiger partial charge < -0.3 is 5.73 Å². The Balaban J connectivity index is 2.19. The van der Waals surface area contributed by atoms with E-state index in [9.17, 15) is 0 Å². The van der Waals surface area contributed by atoms with Crippen molar-refractivity contribution < 1.29 is 0 Å². The largest absolute Gasteiger partial charge is 0.324 e. The number of hydrogen-bond donors (Lipinski definition) is 1. The van der Waals surface area contributed by atoms with Gasteiger partial charge in [0, 0.05) is 21.1 Å². The number of nitrogens with zero attached hydrogens (tertiary/aromatic N) is 4. The predicted octanol–water partition coefficient (Wildman–Crippen LogP) is 1.71. The Kier molecular flexibility index (Phi) is 3.95. The number of rotatable bonds is 3. The molecule has 1 aromatic heterocycles. The molecule has 5 nitrogen and oxygen atoms in total. The zero-order valence-electron chi connectivity index (χ0n) is 9.14. The van der Waals surface area contributed by atoms with Crippen LogP contribution in [-0.4, -0.2) is 20.2 Å². The normalized spacial score (nSPS) is 12.7. The van der Waals surface area contributed by atoms with Gasteiger partial charge in [0.05, 0.1) is 7.05 Å². The Hall–Kier alpha value is -0.730. The molecular weight excluding hydrogens is 353 g/mol. The number of hydrogen-bond acceptors (Lipinski definition) is 4. The quantitative estimate of drug-likeness (QED) is 0.843. The van der Waals surface area contributed by atoms with Gasteiger partial charge in [0.15, 0.2) is 5.82 Å². The topological polar surface area (TPSA) is 69.6 Å². The lowest BCUT2D eigenvalue weighted by Crippen LogP contribution is -2.15. The molecule has 2 N–H and O–H groups in total. The maximum absolute atomic E-state index is 6.13. The smallest absolute Gasteiger partial charge is 0.176 e. The van der Waals surface area contributed by atoms with Crippen molar-refractivity contribution in [2.75, 3.05) is 0 Å². The molecule has 90 valence electrons. The fraction of sp³-hybridized carbons (Fsp3) is 0.300. The molecule has 17 heavy (non-hydrogen) atoms. The maximum atomic E-state index is 6.13. The lowest BCUT2D eigenvalue weighted by molar-refractivity contribution is 0.622. The van der Waals surface area contributed by atoms with E-state index in [1.54, 1.807) is 7.05 Å². The molecule has 0 saturated heterocycles. The third kappa shape index (κ3) is 3.14. The van der Waals surface area contributed by atoms with Crippen LogP contribution in [0.5, 0.6) is 0 Å². The second kappa shape index (κ2) is 5.28. The first-order valence-corrected chi connectivity index (χ1v) is 6.45. The highest BCUT2D eigenvalue weighted by Gasteiger charge is 2.14. The van der Waals surface area contributed by atoms with Crippen LogP contribution in [0.2, 0.25) is 5.02 Å². The van der Waals surface area contributed by atoms with E-state index in [-0.39, 0.29) is 6.04 Å². The lowest BCUT2D eigenvalue weighted by Gasteiger charge is -2.12. The number of tetrazole rings is 1. The summed E-state index contributed by atoms with van der Waals surface area (Å²) in [6.45, 7) is 0. The first-order chi connectivity index (χ1) is 8.06. The van der Waals surface area contributed by atoms with Crippen molar-refractivity contribution in [1.82, 2.24) is 20.2 Å². The Bertz CT molecular complexity index is 527. The number of halogens is 2. The van der Waals surface area contributed by atoms with Crippen LogP contribution in [-0.2, 0) is 13.5 Å². The molecule has 0 amide bonds. The Morgan fingerprint density at radius 2 is 2.29 bits per heavy atom. The highest BCUT2D eigenvalue weighted by molar-refractivity contribution is 14.1. The van der Waals surface area contributed by atoms with Crippen LogP contribution in [0.15, 0.2) is 18.2 Å². The van der Waals surface area contributed by atoms with Crippen molar-refractivity contribution in [3.8, 4) is 0 Å². The van der Waals surface area contributed by atoms with Crippen LogP contribution in [0.3, 0.4) is 0 Å². The highest BCUT2D eigenvalue weighted by Crippen LogP contribution is 2.24. The van der Waals surface area contributed by atoms with E-state index in [2.05, 4.69) is 38.0 Å². The van der Waals surface area contributed by atoms with Gasteiger partial charge in [0.25, 0.3) is 0 Å². The first-order valence-electron chi connectivity index (χ1n) is 4.99. The van der Waals surface area contributed by atoms with Gasteiger partial charge in [-0.1, -0.05) is 11.6 Å². The summed E-state index contributed by atoms with van der Waals surface area (Å²) in [5, 5.41) is 12.5. The van der Waals surface area contributed by atoms with Crippen LogP contribution >= 0.6 is 34.2 Å². The highest BCUT2D eigenvalue weighted by atomic mass is 127. The first kappa shape index (κ1) is 12.7. The van der Waals surface area contributed by atoms with E-state index in [0.29, 0.717) is 17.3 Å². The van der Waals surface area contributed by atoms with E-state index >= 15 is 0 Å². The van der Waals surface area contributed by atoms with E-state index in [1.807, 2.05) is 18.2 Å². The van der Waals surface area contributed by atoms with Crippen molar-refractivity contribution in [3.63, 3.8) is 0 Å².